The van der Waals surface area contributed by atoms with Crippen LogP contribution in [0.2, 0.25) is 0 Å². The van der Waals surface area contributed by atoms with Crippen LogP contribution in [0, 0.1) is 0 Å². The van der Waals surface area contributed by atoms with Crippen LogP contribution in [-0.2, 0) is 21.2 Å². The van der Waals surface area contributed by atoms with Crippen LogP contribution in [0.15, 0.2) is 24.5 Å². The molecule has 1 aromatic heterocycles. The summed E-state index contributed by atoms with van der Waals surface area (Å²) in [7, 11) is -0.983. The summed E-state index contributed by atoms with van der Waals surface area (Å²) in [4.78, 5) is 20.2. The minimum Gasteiger partial charge on any atom is -0.339 e. The number of pyridine rings is 1. The van der Waals surface area contributed by atoms with Crippen LogP contribution in [0.4, 0.5) is 0 Å². The molecule has 1 fully saturated rings. The second-order valence-electron chi connectivity index (χ2n) is 6.05. The van der Waals surface area contributed by atoms with E-state index in [1.165, 1.54) is 0 Å². The molecule has 1 aromatic rings. The Balaban J connectivity index is 1.83. The monoisotopic (exact) mass is 339 g/mol. The molecule has 1 aliphatic heterocycles. The number of carbonyl (C=O) groups is 1. The second-order valence-corrected chi connectivity index (χ2v) is 8.28. The van der Waals surface area contributed by atoms with Gasteiger partial charge in [-0.05, 0) is 38.1 Å². The molecule has 0 aliphatic carbocycles. The van der Waals surface area contributed by atoms with Crippen molar-refractivity contribution in [3.8, 4) is 0 Å². The summed E-state index contributed by atoms with van der Waals surface area (Å²) >= 11 is 0. The average Bonchev–Trinajstić information content (AvgIpc) is 2.91. The first-order chi connectivity index (χ1) is 10.9. The van der Waals surface area contributed by atoms with Crippen molar-refractivity contribution in [3.63, 3.8) is 0 Å². The van der Waals surface area contributed by atoms with E-state index >= 15 is 0 Å². The van der Waals surface area contributed by atoms with Gasteiger partial charge in [-0.25, -0.2) is 8.42 Å². The molecule has 1 aliphatic rings. The molecule has 1 saturated heterocycles. The summed E-state index contributed by atoms with van der Waals surface area (Å²) in [5.74, 6) is 0.572. The molecular formula is C16H25N3O3S. The molecule has 1 atom stereocenters. The van der Waals surface area contributed by atoms with Crippen molar-refractivity contribution in [2.75, 3.05) is 31.6 Å². The maximum Gasteiger partial charge on any atom is 0.224 e. The van der Waals surface area contributed by atoms with Crippen molar-refractivity contribution in [1.29, 1.82) is 0 Å². The number of nitrogens with zero attached hydrogens (tertiary/aromatic N) is 3. The zero-order valence-corrected chi connectivity index (χ0v) is 14.6. The molecule has 6 nitrogen and oxygen atoms in total. The lowest BCUT2D eigenvalue weighted by Crippen LogP contribution is -2.37. The third kappa shape index (κ3) is 5.28. The van der Waals surface area contributed by atoms with E-state index in [0.717, 1.165) is 5.56 Å². The lowest BCUT2D eigenvalue weighted by molar-refractivity contribution is -0.132. The smallest absolute Gasteiger partial charge is 0.224 e. The number of amides is 1. The van der Waals surface area contributed by atoms with E-state index in [0.29, 0.717) is 32.5 Å². The minimum absolute atomic E-state index is 0.0445. The van der Waals surface area contributed by atoms with Crippen molar-refractivity contribution >= 4 is 15.7 Å². The maximum atomic E-state index is 12.4. The lowest BCUT2D eigenvalue weighted by Gasteiger charge is -2.25. The van der Waals surface area contributed by atoms with Crippen molar-refractivity contribution in [2.24, 2.45) is 0 Å². The number of aromatic nitrogens is 1. The van der Waals surface area contributed by atoms with Gasteiger partial charge in [0.05, 0.1) is 11.5 Å². The third-order valence-corrected chi connectivity index (χ3v) is 6.12. The molecule has 0 spiro atoms. The first kappa shape index (κ1) is 17.9. The van der Waals surface area contributed by atoms with Crippen molar-refractivity contribution in [1.82, 2.24) is 14.8 Å². The fourth-order valence-corrected chi connectivity index (χ4v) is 4.63. The Morgan fingerprint density at radius 3 is 2.61 bits per heavy atom. The normalized spacial score (nSPS) is 19.9. The highest BCUT2D eigenvalue weighted by Crippen LogP contribution is 2.17. The van der Waals surface area contributed by atoms with Crippen LogP contribution < -0.4 is 0 Å². The summed E-state index contributed by atoms with van der Waals surface area (Å²) in [5, 5.41) is 0. The zero-order valence-electron chi connectivity index (χ0n) is 13.8. The number of rotatable bonds is 7. The van der Waals surface area contributed by atoms with Gasteiger partial charge in [0.15, 0.2) is 9.84 Å². The van der Waals surface area contributed by atoms with Gasteiger partial charge in [-0.15, -0.1) is 0 Å². The first-order valence-corrected chi connectivity index (χ1v) is 9.81. The molecular weight excluding hydrogens is 314 g/mol. The van der Waals surface area contributed by atoms with Crippen LogP contribution in [-0.4, -0.2) is 66.8 Å². The Morgan fingerprint density at radius 1 is 1.35 bits per heavy atom. The molecule has 7 heteroatoms. The highest BCUT2D eigenvalue weighted by atomic mass is 32.2. The zero-order chi connectivity index (χ0) is 16.9. The average molecular weight is 339 g/mol. The Morgan fingerprint density at radius 2 is 2.04 bits per heavy atom. The van der Waals surface area contributed by atoms with Gasteiger partial charge in [-0.1, -0.05) is 0 Å². The third-order valence-electron chi connectivity index (χ3n) is 4.37. The predicted octanol–water partition coefficient (Wildman–Crippen LogP) is 0.939. The molecule has 0 unspecified atom stereocenters. The quantitative estimate of drug-likeness (QED) is 0.739. The summed E-state index contributed by atoms with van der Waals surface area (Å²) in [6, 6.07) is 3.86. The highest BCUT2D eigenvalue weighted by molar-refractivity contribution is 7.91. The van der Waals surface area contributed by atoms with E-state index < -0.39 is 9.84 Å². The van der Waals surface area contributed by atoms with Crippen LogP contribution in [0.1, 0.15) is 25.3 Å². The molecule has 1 amide bonds. The van der Waals surface area contributed by atoms with E-state index in [2.05, 4.69) is 4.98 Å². The summed E-state index contributed by atoms with van der Waals surface area (Å²) in [6.07, 6.45) is 4.53. The minimum atomic E-state index is -2.88. The van der Waals surface area contributed by atoms with Crippen LogP contribution >= 0.6 is 0 Å². The van der Waals surface area contributed by atoms with Gasteiger partial charge in [-0.3, -0.25) is 9.78 Å². The lowest BCUT2D eigenvalue weighted by atomic mass is 10.2. The Bertz CT molecular complexity index is 619. The predicted molar refractivity (Wildman–Crippen MR) is 89.6 cm³/mol. The molecule has 0 radical (unpaired) electrons. The van der Waals surface area contributed by atoms with E-state index in [9.17, 15) is 13.2 Å². The Kier molecular flexibility index (Phi) is 6.12. The summed E-state index contributed by atoms with van der Waals surface area (Å²) in [6.45, 7) is 3.79. The van der Waals surface area contributed by atoms with Crippen molar-refractivity contribution in [2.45, 2.75) is 32.4 Å². The summed E-state index contributed by atoms with van der Waals surface area (Å²) in [5.41, 5.74) is 1.06. The molecule has 0 saturated carbocycles. The number of carbonyl (C=O) groups excluding carboxylic acids is 1. The number of hydrogen-bond acceptors (Lipinski definition) is 5. The molecule has 2 rings (SSSR count). The number of hydrogen-bond donors (Lipinski definition) is 0. The fourth-order valence-electron chi connectivity index (χ4n) is 2.82. The molecule has 0 bridgehead atoms. The SMILES string of the molecule is CCN(Cc1ccncc1)C(=O)CCN(C)[C@@H]1CCS(=O)(=O)C1. The second kappa shape index (κ2) is 7.88. The van der Waals surface area contributed by atoms with Gasteiger partial charge < -0.3 is 9.80 Å². The van der Waals surface area contributed by atoms with Crippen molar-refractivity contribution < 1.29 is 13.2 Å². The van der Waals surface area contributed by atoms with Gasteiger partial charge in [0.2, 0.25) is 5.91 Å². The van der Waals surface area contributed by atoms with Crippen LogP contribution in [0.3, 0.4) is 0 Å². The maximum absolute atomic E-state index is 12.4. The van der Waals surface area contributed by atoms with Gasteiger partial charge >= 0.3 is 0 Å². The molecule has 128 valence electrons. The van der Waals surface area contributed by atoms with E-state index in [1.54, 1.807) is 12.4 Å². The first-order valence-electron chi connectivity index (χ1n) is 7.98. The molecule has 0 aromatic carbocycles. The summed E-state index contributed by atoms with van der Waals surface area (Å²) < 4.78 is 23.1. The topological polar surface area (TPSA) is 70.6 Å². The largest absolute Gasteiger partial charge is 0.339 e. The Labute approximate surface area is 138 Å². The van der Waals surface area contributed by atoms with Gasteiger partial charge in [0, 0.05) is 44.5 Å². The van der Waals surface area contributed by atoms with E-state index in [1.807, 2.05) is 35.9 Å². The van der Waals surface area contributed by atoms with Gasteiger partial charge in [-0.2, -0.15) is 0 Å². The van der Waals surface area contributed by atoms with E-state index in [4.69, 9.17) is 0 Å². The highest BCUT2D eigenvalue weighted by Gasteiger charge is 2.30. The van der Waals surface area contributed by atoms with Gasteiger partial charge in [0.1, 0.15) is 0 Å². The molecule has 2 heterocycles. The number of sulfone groups is 1. The fraction of sp³-hybridized carbons (Fsp3) is 0.625. The van der Waals surface area contributed by atoms with Crippen LogP contribution in [0.5, 0.6) is 0 Å². The van der Waals surface area contributed by atoms with Gasteiger partial charge in [0.25, 0.3) is 0 Å². The standard InChI is InChI=1S/C16H25N3O3S/c1-3-19(12-14-4-8-17-9-5-14)16(20)6-10-18(2)15-7-11-23(21,22)13-15/h4-5,8-9,15H,3,6-7,10-13H2,1-2H3/t15-/m1/s1. The van der Waals surface area contributed by atoms with Crippen molar-refractivity contribution in [3.05, 3.63) is 30.1 Å². The molecule has 23 heavy (non-hydrogen) atoms. The van der Waals surface area contributed by atoms with Crippen LogP contribution in [0.25, 0.3) is 0 Å². The molecule has 0 N–H and O–H groups in total. The Hall–Kier alpha value is -1.47. The van der Waals surface area contributed by atoms with E-state index in [-0.39, 0.29) is 23.5 Å².